The zero-order chi connectivity index (χ0) is 14.3. The van der Waals surface area contributed by atoms with Crippen LogP contribution in [-0.4, -0.2) is 25.4 Å². The van der Waals surface area contributed by atoms with Crippen molar-refractivity contribution in [1.29, 1.82) is 0 Å². The predicted octanol–water partition coefficient (Wildman–Crippen LogP) is 1.71. The lowest BCUT2D eigenvalue weighted by Crippen LogP contribution is -2.41. The molecule has 1 fully saturated rings. The summed E-state index contributed by atoms with van der Waals surface area (Å²) in [4.78, 5) is 0. The summed E-state index contributed by atoms with van der Waals surface area (Å²) in [6.45, 7) is 8.67. The van der Waals surface area contributed by atoms with Gasteiger partial charge in [-0.3, -0.25) is 0 Å². The molecule has 0 amide bonds. The molecule has 0 saturated carbocycles. The van der Waals surface area contributed by atoms with Crippen molar-refractivity contribution in [1.82, 2.24) is 0 Å². The second-order valence-corrected chi connectivity index (χ2v) is 5.98. The fraction of sp³-hybridized carbons (Fsp3) is 0.571. The third-order valence-corrected chi connectivity index (χ3v) is 3.97. The largest absolute Gasteiger partial charge is 0.496 e. The van der Waals surface area contributed by atoms with Crippen LogP contribution in [0.4, 0.5) is 5.69 Å². The van der Waals surface area contributed by atoms with E-state index in [-0.39, 0.29) is 11.2 Å². The molecule has 1 aliphatic rings. The van der Waals surface area contributed by atoms with E-state index in [4.69, 9.17) is 19.8 Å². The Bertz CT molecular complexity index is 458. The standard InChI is InChI=1S/C14H22BNO3/c1-13(2)14(3,4)19-15(18-13)11-7-6-10(9-17-5)8-12(11)16/h6-8H,9,16H2,1-5H3. The summed E-state index contributed by atoms with van der Waals surface area (Å²) in [5, 5.41) is 0. The van der Waals surface area contributed by atoms with Gasteiger partial charge in [-0.25, -0.2) is 0 Å². The molecule has 0 unspecified atom stereocenters. The molecule has 0 aliphatic carbocycles. The summed E-state index contributed by atoms with van der Waals surface area (Å²) in [7, 11) is 1.25. The number of ether oxygens (including phenoxy) is 1. The fourth-order valence-corrected chi connectivity index (χ4v) is 2.07. The Hall–Kier alpha value is -1.04. The van der Waals surface area contributed by atoms with Crippen LogP contribution in [0.3, 0.4) is 0 Å². The van der Waals surface area contributed by atoms with Crippen molar-refractivity contribution >= 4 is 18.3 Å². The first-order valence-electron chi connectivity index (χ1n) is 6.50. The van der Waals surface area contributed by atoms with Gasteiger partial charge < -0.3 is 19.8 Å². The van der Waals surface area contributed by atoms with Gasteiger partial charge in [0.25, 0.3) is 0 Å². The van der Waals surface area contributed by atoms with Crippen LogP contribution in [0.15, 0.2) is 18.2 Å². The van der Waals surface area contributed by atoms with Crippen molar-refractivity contribution < 1.29 is 14.0 Å². The van der Waals surface area contributed by atoms with Crippen molar-refractivity contribution in [2.75, 3.05) is 12.8 Å². The molecular weight excluding hydrogens is 241 g/mol. The van der Waals surface area contributed by atoms with E-state index in [9.17, 15) is 0 Å². The number of nitrogens with two attached hydrogens (primary N) is 1. The SMILES string of the molecule is COCc1ccc(B2OC(C)(C)C(C)(C)O2)c(N)c1. The number of benzene rings is 1. The normalized spacial score (nSPS) is 20.8. The van der Waals surface area contributed by atoms with E-state index >= 15 is 0 Å². The first kappa shape index (κ1) is 14.4. The third-order valence-electron chi connectivity index (χ3n) is 3.97. The van der Waals surface area contributed by atoms with Gasteiger partial charge in [-0.15, -0.1) is 0 Å². The molecular formula is C14H22BNO3. The Morgan fingerprint density at radius 1 is 1.16 bits per heavy atom. The second kappa shape index (κ2) is 4.82. The van der Waals surface area contributed by atoms with E-state index in [2.05, 4.69) is 0 Å². The highest BCUT2D eigenvalue weighted by atomic mass is 16.7. The number of anilines is 1. The lowest BCUT2D eigenvalue weighted by molar-refractivity contribution is 0.00578. The average Bonchev–Trinajstić information content (AvgIpc) is 2.48. The number of hydrogen-bond acceptors (Lipinski definition) is 4. The van der Waals surface area contributed by atoms with Gasteiger partial charge in [0.1, 0.15) is 0 Å². The summed E-state index contributed by atoms with van der Waals surface area (Å²) in [5.41, 5.74) is 7.98. The minimum absolute atomic E-state index is 0.352. The molecule has 0 bridgehead atoms. The smallest absolute Gasteiger partial charge is 0.399 e. The molecule has 1 saturated heterocycles. The molecule has 2 N–H and O–H groups in total. The minimum atomic E-state index is -0.415. The Morgan fingerprint density at radius 2 is 1.74 bits per heavy atom. The Morgan fingerprint density at radius 3 is 2.21 bits per heavy atom. The maximum Gasteiger partial charge on any atom is 0.496 e. The molecule has 19 heavy (non-hydrogen) atoms. The van der Waals surface area contributed by atoms with Crippen LogP contribution in [0.25, 0.3) is 0 Å². The minimum Gasteiger partial charge on any atom is -0.399 e. The Kier molecular flexibility index (Phi) is 3.64. The summed E-state index contributed by atoms with van der Waals surface area (Å²) < 4.78 is 17.1. The van der Waals surface area contributed by atoms with Crippen LogP contribution in [0, 0.1) is 0 Å². The van der Waals surface area contributed by atoms with Gasteiger partial charge in [0.05, 0.1) is 17.8 Å². The highest BCUT2D eigenvalue weighted by Crippen LogP contribution is 2.36. The molecule has 1 heterocycles. The molecule has 0 radical (unpaired) electrons. The first-order valence-corrected chi connectivity index (χ1v) is 6.50. The molecule has 0 atom stereocenters. The molecule has 5 heteroatoms. The average molecular weight is 263 g/mol. The zero-order valence-electron chi connectivity index (χ0n) is 12.3. The lowest BCUT2D eigenvalue weighted by atomic mass is 9.77. The van der Waals surface area contributed by atoms with Crippen molar-refractivity contribution in [2.24, 2.45) is 0 Å². The molecule has 1 aliphatic heterocycles. The number of rotatable bonds is 3. The van der Waals surface area contributed by atoms with E-state index in [0.717, 1.165) is 11.0 Å². The summed E-state index contributed by atoms with van der Waals surface area (Å²) in [6.07, 6.45) is 0. The third kappa shape index (κ3) is 2.64. The van der Waals surface area contributed by atoms with Gasteiger partial charge in [-0.1, -0.05) is 12.1 Å². The monoisotopic (exact) mass is 263 g/mol. The molecule has 104 valence electrons. The summed E-state index contributed by atoms with van der Waals surface area (Å²) in [5.74, 6) is 0. The topological polar surface area (TPSA) is 53.7 Å². The van der Waals surface area contributed by atoms with E-state index in [0.29, 0.717) is 12.3 Å². The van der Waals surface area contributed by atoms with Gasteiger partial charge >= 0.3 is 7.12 Å². The van der Waals surface area contributed by atoms with Gasteiger partial charge in [0.15, 0.2) is 0 Å². The van der Waals surface area contributed by atoms with Crippen LogP contribution >= 0.6 is 0 Å². The van der Waals surface area contributed by atoms with Crippen molar-refractivity contribution in [3.05, 3.63) is 23.8 Å². The van der Waals surface area contributed by atoms with Crippen molar-refractivity contribution in [3.8, 4) is 0 Å². The molecule has 1 aromatic carbocycles. The first-order chi connectivity index (χ1) is 8.77. The van der Waals surface area contributed by atoms with Gasteiger partial charge in [0, 0.05) is 18.3 Å². The molecule has 2 rings (SSSR count). The van der Waals surface area contributed by atoms with E-state index in [1.165, 1.54) is 0 Å². The van der Waals surface area contributed by atoms with Crippen molar-refractivity contribution in [2.45, 2.75) is 45.5 Å². The van der Waals surface area contributed by atoms with Crippen LogP contribution in [0.1, 0.15) is 33.3 Å². The highest BCUT2D eigenvalue weighted by molar-refractivity contribution is 6.63. The van der Waals surface area contributed by atoms with Gasteiger partial charge in [0.2, 0.25) is 0 Å². The number of nitrogen functional groups attached to an aromatic ring is 1. The Balaban J connectivity index is 2.25. The Labute approximate surface area is 115 Å². The lowest BCUT2D eigenvalue weighted by Gasteiger charge is -2.32. The predicted molar refractivity (Wildman–Crippen MR) is 77.3 cm³/mol. The van der Waals surface area contributed by atoms with Crippen LogP contribution in [0.5, 0.6) is 0 Å². The summed E-state index contributed by atoms with van der Waals surface area (Å²) in [6, 6.07) is 5.84. The maximum atomic E-state index is 6.09. The highest BCUT2D eigenvalue weighted by Gasteiger charge is 2.52. The fourth-order valence-electron chi connectivity index (χ4n) is 2.07. The number of methoxy groups -OCH3 is 1. The molecule has 1 aromatic rings. The number of hydrogen-bond donors (Lipinski definition) is 1. The molecule has 4 nitrogen and oxygen atoms in total. The molecule has 0 aromatic heterocycles. The second-order valence-electron chi connectivity index (χ2n) is 5.98. The maximum absolute atomic E-state index is 6.09. The van der Waals surface area contributed by atoms with E-state index < -0.39 is 7.12 Å². The quantitative estimate of drug-likeness (QED) is 0.666. The van der Waals surface area contributed by atoms with Gasteiger partial charge in [-0.05, 0) is 39.3 Å². The van der Waals surface area contributed by atoms with E-state index in [1.807, 2.05) is 45.9 Å². The molecule has 0 spiro atoms. The van der Waals surface area contributed by atoms with Crippen LogP contribution in [0.2, 0.25) is 0 Å². The van der Waals surface area contributed by atoms with Crippen LogP contribution < -0.4 is 11.2 Å². The van der Waals surface area contributed by atoms with Crippen LogP contribution in [-0.2, 0) is 20.7 Å². The van der Waals surface area contributed by atoms with E-state index in [1.54, 1.807) is 7.11 Å². The van der Waals surface area contributed by atoms with Crippen molar-refractivity contribution in [3.63, 3.8) is 0 Å². The summed E-state index contributed by atoms with van der Waals surface area (Å²) >= 11 is 0. The van der Waals surface area contributed by atoms with Gasteiger partial charge in [-0.2, -0.15) is 0 Å². The zero-order valence-corrected chi connectivity index (χ0v) is 12.3.